The van der Waals surface area contributed by atoms with Crippen LogP contribution in [0.2, 0.25) is 0 Å². The van der Waals surface area contributed by atoms with Gasteiger partial charge in [-0.25, -0.2) is 8.78 Å². The number of carbonyl (C=O) groups excluding carboxylic acids is 1. The number of ketones is 1. The van der Waals surface area contributed by atoms with E-state index in [4.69, 9.17) is 0 Å². The molecule has 0 fully saturated rings. The molecule has 3 rings (SSSR count). The summed E-state index contributed by atoms with van der Waals surface area (Å²) < 4.78 is 28.5. The van der Waals surface area contributed by atoms with Crippen LogP contribution in [0, 0.1) is 18.6 Å². The predicted octanol–water partition coefficient (Wildman–Crippen LogP) is 3.58. The van der Waals surface area contributed by atoms with Crippen molar-refractivity contribution in [1.29, 1.82) is 0 Å². The molecular weight excluding hydrogens is 248 g/mol. The van der Waals surface area contributed by atoms with Crippen LogP contribution < -0.4 is 0 Å². The fourth-order valence-corrected chi connectivity index (χ4v) is 2.76. The van der Waals surface area contributed by atoms with Gasteiger partial charge in [-0.3, -0.25) is 4.79 Å². The van der Waals surface area contributed by atoms with Crippen molar-refractivity contribution < 1.29 is 13.6 Å². The van der Waals surface area contributed by atoms with Gasteiger partial charge in [-0.2, -0.15) is 0 Å². The summed E-state index contributed by atoms with van der Waals surface area (Å²) in [6, 6.07) is 5.23. The molecule has 1 aromatic carbocycles. The van der Waals surface area contributed by atoms with Gasteiger partial charge >= 0.3 is 0 Å². The third kappa shape index (κ3) is 1.97. The maximum Gasteiger partial charge on any atom is 0.164 e. The van der Waals surface area contributed by atoms with Crippen LogP contribution in [-0.2, 0) is 6.42 Å². The van der Waals surface area contributed by atoms with Gasteiger partial charge < -0.3 is 4.57 Å². The minimum absolute atomic E-state index is 0.111. The largest absolute Gasteiger partial charge is 0.317 e. The molecule has 0 N–H and O–H groups in total. The highest BCUT2D eigenvalue weighted by Gasteiger charge is 2.23. The molecule has 0 radical (unpaired) electrons. The van der Waals surface area contributed by atoms with Gasteiger partial charge in [0.25, 0.3) is 0 Å². The Bertz CT molecular complexity index is 653. The summed E-state index contributed by atoms with van der Waals surface area (Å²) >= 11 is 0. The number of aromatic nitrogens is 1. The molecule has 2 nitrogen and oxygen atoms in total. The molecule has 0 spiro atoms. The van der Waals surface area contributed by atoms with Gasteiger partial charge in [0.05, 0.1) is 5.69 Å². The summed E-state index contributed by atoms with van der Waals surface area (Å²) in [6.45, 7) is 1.84. The van der Waals surface area contributed by atoms with Gasteiger partial charge in [-0.05, 0) is 38.0 Å². The van der Waals surface area contributed by atoms with E-state index in [1.807, 2.05) is 6.92 Å². The van der Waals surface area contributed by atoms with Crippen molar-refractivity contribution in [2.24, 2.45) is 0 Å². The van der Waals surface area contributed by atoms with Crippen molar-refractivity contribution in [3.05, 3.63) is 52.9 Å². The first-order chi connectivity index (χ1) is 9.06. The van der Waals surface area contributed by atoms with Crippen LogP contribution in [0.1, 0.15) is 34.6 Å². The van der Waals surface area contributed by atoms with Crippen molar-refractivity contribution in [3.63, 3.8) is 0 Å². The van der Waals surface area contributed by atoms with Crippen LogP contribution in [0.4, 0.5) is 8.78 Å². The third-order valence-electron chi connectivity index (χ3n) is 3.51. The monoisotopic (exact) mass is 261 g/mol. The van der Waals surface area contributed by atoms with E-state index in [1.54, 1.807) is 10.6 Å². The van der Waals surface area contributed by atoms with Crippen molar-refractivity contribution in [2.45, 2.75) is 26.2 Å². The number of nitrogens with zero attached hydrogens (tertiary/aromatic N) is 1. The summed E-state index contributed by atoms with van der Waals surface area (Å²) in [5.41, 5.74) is 2.81. The SMILES string of the molecule is Cc1cc2c(n1-c1cc(F)cc(F)c1)CCCC2=O. The zero-order valence-corrected chi connectivity index (χ0v) is 10.5. The maximum absolute atomic E-state index is 13.3. The first-order valence-corrected chi connectivity index (χ1v) is 6.27. The maximum atomic E-state index is 13.3. The number of benzene rings is 1. The van der Waals surface area contributed by atoms with Crippen molar-refractivity contribution in [1.82, 2.24) is 4.57 Å². The quantitative estimate of drug-likeness (QED) is 0.769. The minimum Gasteiger partial charge on any atom is -0.317 e. The van der Waals surface area contributed by atoms with Crippen LogP contribution in [0.25, 0.3) is 5.69 Å². The van der Waals surface area contributed by atoms with Gasteiger partial charge in [-0.15, -0.1) is 0 Å². The molecule has 0 bridgehead atoms. The van der Waals surface area contributed by atoms with Gasteiger partial charge in [0.1, 0.15) is 11.6 Å². The highest BCUT2D eigenvalue weighted by molar-refractivity contribution is 5.98. The fourth-order valence-electron chi connectivity index (χ4n) is 2.76. The smallest absolute Gasteiger partial charge is 0.164 e. The van der Waals surface area contributed by atoms with E-state index >= 15 is 0 Å². The molecule has 0 saturated carbocycles. The molecular formula is C15H13F2NO. The highest BCUT2D eigenvalue weighted by atomic mass is 19.1. The molecule has 98 valence electrons. The molecule has 0 aliphatic heterocycles. The second-order valence-electron chi connectivity index (χ2n) is 4.89. The number of fused-ring (bicyclic) bond motifs is 1. The van der Waals surface area contributed by atoms with Crippen molar-refractivity contribution in [3.8, 4) is 5.69 Å². The molecule has 0 saturated heterocycles. The number of aryl methyl sites for hydroxylation is 1. The Balaban J connectivity index is 2.23. The summed E-state index contributed by atoms with van der Waals surface area (Å²) in [5, 5.41) is 0. The lowest BCUT2D eigenvalue weighted by Gasteiger charge is -2.16. The summed E-state index contributed by atoms with van der Waals surface area (Å²) in [6.07, 6.45) is 2.09. The number of hydrogen-bond donors (Lipinski definition) is 0. The van der Waals surface area contributed by atoms with Crippen LogP contribution in [0.15, 0.2) is 24.3 Å². The molecule has 1 aromatic heterocycles. The van der Waals surface area contributed by atoms with Gasteiger partial charge in [0.15, 0.2) is 5.78 Å². The Labute approximate surface area is 109 Å². The van der Waals surface area contributed by atoms with Gasteiger partial charge in [0.2, 0.25) is 0 Å². The summed E-state index contributed by atoms with van der Waals surface area (Å²) in [5.74, 6) is -1.11. The first kappa shape index (κ1) is 12.1. The predicted molar refractivity (Wildman–Crippen MR) is 67.7 cm³/mol. The molecule has 0 unspecified atom stereocenters. The normalized spacial score (nSPS) is 14.6. The average molecular weight is 261 g/mol. The molecule has 1 aliphatic rings. The Morgan fingerprint density at radius 3 is 2.42 bits per heavy atom. The lowest BCUT2D eigenvalue weighted by Crippen LogP contribution is -2.12. The van der Waals surface area contributed by atoms with Crippen LogP contribution in [0.3, 0.4) is 0 Å². The van der Waals surface area contributed by atoms with E-state index in [0.29, 0.717) is 17.7 Å². The lowest BCUT2D eigenvalue weighted by atomic mass is 9.96. The zero-order chi connectivity index (χ0) is 13.6. The van der Waals surface area contributed by atoms with E-state index in [9.17, 15) is 13.6 Å². The summed E-state index contributed by atoms with van der Waals surface area (Å²) in [7, 11) is 0. The Morgan fingerprint density at radius 2 is 1.74 bits per heavy atom. The first-order valence-electron chi connectivity index (χ1n) is 6.27. The van der Waals surface area contributed by atoms with Crippen molar-refractivity contribution >= 4 is 5.78 Å². The molecule has 0 amide bonds. The number of Topliss-reactive ketones (excluding diaryl/α,β-unsaturated/α-hetero) is 1. The number of rotatable bonds is 1. The van der Waals surface area contributed by atoms with Crippen LogP contribution in [-0.4, -0.2) is 10.4 Å². The van der Waals surface area contributed by atoms with E-state index in [0.717, 1.165) is 30.3 Å². The van der Waals surface area contributed by atoms with Gasteiger partial charge in [-0.1, -0.05) is 0 Å². The number of halogens is 2. The Morgan fingerprint density at radius 1 is 1.05 bits per heavy atom. The molecule has 1 aliphatic carbocycles. The van der Waals surface area contributed by atoms with E-state index in [-0.39, 0.29) is 5.78 Å². The third-order valence-corrected chi connectivity index (χ3v) is 3.51. The Kier molecular flexibility index (Phi) is 2.73. The average Bonchev–Trinajstić information content (AvgIpc) is 2.65. The van der Waals surface area contributed by atoms with Crippen LogP contribution in [0.5, 0.6) is 0 Å². The highest BCUT2D eigenvalue weighted by Crippen LogP contribution is 2.28. The number of carbonyl (C=O) groups is 1. The standard InChI is InChI=1S/C15H13F2NO/c1-9-5-13-14(3-2-4-15(13)19)18(9)12-7-10(16)6-11(17)8-12/h5-8H,2-4H2,1H3. The zero-order valence-electron chi connectivity index (χ0n) is 10.5. The lowest BCUT2D eigenvalue weighted by molar-refractivity contribution is 0.0972. The van der Waals surface area contributed by atoms with Crippen LogP contribution >= 0.6 is 0 Å². The minimum atomic E-state index is -0.612. The number of hydrogen-bond acceptors (Lipinski definition) is 1. The molecule has 0 atom stereocenters. The summed E-state index contributed by atoms with van der Waals surface area (Å²) in [4.78, 5) is 11.9. The van der Waals surface area contributed by atoms with E-state index < -0.39 is 11.6 Å². The van der Waals surface area contributed by atoms with Gasteiger partial charge in [0, 0.05) is 29.4 Å². The van der Waals surface area contributed by atoms with E-state index in [1.165, 1.54) is 12.1 Å². The molecule has 1 heterocycles. The second kappa shape index (κ2) is 4.30. The molecule has 19 heavy (non-hydrogen) atoms. The fraction of sp³-hybridized carbons (Fsp3) is 0.267. The molecule has 2 aromatic rings. The molecule has 4 heteroatoms. The van der Waals surface area contributed by atoms with E-state index in [2.05, 4.69) is 0 Å². The van der Waals surface area contributed by atoms with Crippen molar-refractivity contribution in [2.75, 3.05) is 0 Å². The topological polar surface area (TPSA) is 22.0 Å². The Hall–Kier alpha value is -1.97. The second-order valence-corrected chi connectivity index (χ2v) is 4.89.